The van der Waals surface area contributed by atoms with E-state index in [4.69, 9.17) is 22.9 Å². The van der Waals surface area contributed by atoms with Gasteiger partial charge in [0.2, 0.25) is 11.8 Å². The SMILES string of the molecule is [N-]=[N+]=Nc1cnc2c(c1)c(C(N)=O)nn2CC(=O)N(CC(=O)NCc1cccc(Cl)c1F)C1CC1. The van der Waals surface area contributed by atoms with Gasteiger partial charge in [0.1, 0.15) is 12.4 Å². The van der Waals surface area contributed by atoms with Crippen molar-refractivity contribution in [2.75, 3.05) is 6.54 Å². The summed E-state index contributed by atoms with van der Waals surface area (Å²) in [6, 6.07) is 5.77. The first-order valence-electron chi connectivity index (χ1n) is 10.5. The molecule has 2 aromatic heterocycles. The molecular weight excluding hydrogens is 481 g/mol. The van der Waals surface area contributed by atoms with Crippen LogP contribution in [0.4, 0.5) is 10.1 Å². The summed E-state index contributed by atoms with van der Waals surface area (Å²) in [5.74, 6) is -2.34. The van der Waals surface area contributed by atoms with Crippen LogP contribution in [0.5, 0.6) is 0 Å². The van der Waals surface area contributed by atoms with E-state index < -0.39 is 23.5 Å². The molecule has 0 radical (unpaired) electrons. The van der Waals surface area contributed by atoms with E-state index in [9.17, 15) is 18.8 Å². The molecule has 2 heterocycles. The Labute approximate surface area is 202 Å². The van der Waals surface area contributed by atoms with Gasteiger partial charge in [-0.05, 0) is 30.5 Å². The molecule has 0 unspecified atom stereocenters. The van der Waals surface area contributed by atoms with Gasteiger partial charge in [0.05, 0.1) is 22.6 Å². The second-order valence-corrected chi connectivity index (χ2v) is 8.27. The van der Waals surface area contributed by atoms with E-state index in [0.29, 0.717) is 0 Å². The highest BCUT2D eigenvalue weighted by Crippen LogP contribution is 2.28. The number of halogens is 2. The molecule has 180 valence electrons. The van der Waals surface area contributed by atoms with E-state index in [1.165, 1.54) is 34.0 Å². The van der Waals surface area contributed by atoms with Crippen LogP contribution >= 0.6 is 11.6 Å². The Balaban J connectivity index is 1.49. The molecule has 1 aliphatic rings. The number of nitrogens with one attached hydrogen (secondary N) is 1. The van der Waals surface area contributed by atoms with Crippen LogP contribution in [0.25, 0.3) is 21.5 Å². The maximum Gasteiger partial charge on any atom is 0.269 e. The van der Waals surface area contributed by atoms with Crippen molar-refractivity contribution in [1.29, 1.82) is 0 Å². The van der Waals surface area contributed by atoms with Crippen LogP contribution in [0, 0.1) is 5.82 Å². The number of carbonyl (C=O) groups is 3. The molecular formula is C21H19ClFN9O3. The monoisotopic (exact) mass is 499 g/mol. The van der Waals surface area contributed by atoms with E-state index in [0.717, 1.165) is 12.8 Å². The average Bonchev–Trinajstić information content (AvgIpc) is 3.60. The smallest absolute Gasteiger partial charge is 0.269 e. The summed E-state index contributed by atoms with van der Waals surface area (Å²) in [7, 11) is 0. The molecule has 1 aliphatic carbocycles. The molecule has 35 heavy (non-hydrogen) atoms. The summed E-state index contributed by atoms with van der Waals surface area (Å²) in [6.45, 7) is -0.618. The van der Waals surface area contributed by atoms with Crippen molar-refractivity contribution in [2.45, 2.75) is 32.0 Å². The summed E-state index contributed by atoms with van der Waals surface area (Å²) in [5, 5.41) is 10.3. The number of amides is 3. The molecule has 12 nitrogen and oxygen atoms in total. The number of nitrogens with two attached hydrogens (primary N) is 1. The predicted molar refractivity (Wildman–Crippen MR) is 123 cm³/mol. The van der Waals surface area contributed by atoms with Crippen LogP contribution in [-0.4, -0.2) is 50.0 Å². The zero-order chi connectivity index (χ0) is 25.1. The molecule has 0 atom stereocenters. The van der Waals surface area contributed by atoms with Gasteiger partial charge in [0.25, 0.3) is 5.91 Å². The van der Waals surface area contributed by atoms with Gasteiger partial charge in [-0.2, -0.15) is 5.10 Å². The van der Waals surface area contributed by atoms with Crippen molar-refractivity contribution >= 4 is 46.0 Å². The van der Waals surface area contributed by atoms with Crippen LogP contribution in [0.1, 0.15) is 28.9 Å². The molecule has 0 saturated heterocycles. The van der Waals surface area contributed by atoms with Gasteiger partial charge in [-0.15, -0.1) is 0 Å². The van der Waals surface area contributed by atoms with Gasteiger partial charge in [0, 0.05) is 29.3 Å². The second kappa shape index (κ2) is 9.95. The lowest BCUT2D eigenvalue weighted by Gasteiger charge is -2.22. The number of carbonyl (C=O) groups excluding carboxylic acids is 3. The van der Waals surface area contributed by atoms with Gasteiger partial charge in [-0.3, -0.25) is 14.4 Å². The third-order valence-corrected chi connectivity index (χ3v) is 5.67. The van der Waals surface area contributed by atoms with Gasteiger partial charge in [-0.25, -0.2) is 14.1 Å². The van der Waals surface area contributed by atoms with E-state index >= 15 is 0 Å². The summed E-state index contributed by atoms with van der Waals surface area (Å²) in [4.78, 5) is 45.7. The highest BCUT2D eigenvalue weighted by Gasteiger charge is 2.34. The van der Waals surface area contributed by atoms with Gasteiger partial charge >= 0.3 is 0 Å². The number of hydrogen-bond donors (Lipinski definition) is 2. The first kappa shape index (κ1) is 23.9. The largest absolute Gasteiger partial charge is 0.364 e. The number of fused-ring (bicyclic) bond motifs is 1. The minimum atomic E-state index is -0.840. The van der Waals surface area contributed by atoms with Crippen LogP contribution in [-0.2, 0) is 22.7 Å². The second-order valence-electron chi connectivity index (χ2n) is 7.87. The summed E-state index contributed by atoms with van der Waals surface area (Å²) in [5.41, 5.74) is 14.5. The van der Waals surface area contributed by atoms with Crippen molar-refractivity contribution < 1.29 is 18.8 Å². The highest BCUT2D eigenvalue weighted by molar-refractivity contribution is 6.30. The zero-order valence-electron chi connectivity index (χ0n) is 18.2. The molecule has 3 N–H and O–H groups in total. The van der Waals surface area contributed by atoms with Crippen LogP contribution < -0.4 is 11.1 Å². The fourth-order valence-corrected chi connectivity index (χ4v) is 3.76. The zero-order valence-corrected chi connectivity index (χ0v) is 18.9. The van der Waals surface area contributed by atoms with Crippen LogP contribution in [0.3, 0.4) is 0 Å². The van der Waals surface area contributed by atoms with E-state index in [2.05, 4.69) is 25.4 Å². The highest BCUT2D eigenvalue weighted by atomic mass is 35.5. The molecule has 1 fully saturated rings. The standard InChI is InChI=1S/C21H19ClFN9O3/c22-15-3-1-2-11(18(15)23)7-26-16(33)9-31(13-4-5-13)17(34)10-32-21-14(19(29-32)20(24)35)6-12(8-27-21)28-30-25/h1-3,6,8,13H,4-5,7,9-10H2,(H2,24,35)(H,26,33). The van der Waals surface area contributed by atoms with Crippen molar-refractivity contribution in [1.82, 2.24) is 25.0 Å². The van der Waals surface area contributed by atoms with Gasteiger partial charge in [0.15, 0.2) is 11.3 Å². The lowest BCUT2D eigenvalue weighted by Crippen LogP contribution is -2.43. The summed E-state index contributed by atoms with van der Waals surface area (Å²) < 4.78 is 15.3. The molecule has 14 heteroatoms. The normalized spacial score (nSPS) is 12.7. The van der Waals surface area contributed by atoms with E-state index in [1.807, 2.05) is 0 Å². The van der Waals surface area contributed by atoms with E-state index in [-0.39, 0.29) is 58.7 Å². The molecule has 0 aliphatic heterocycles. The fourth-order valence-electron chi connectivity index (χ4n) is 3.56. The lowest BCUT2D eigenvalue weighted by atomic mass is 10.2. The molecule has 1 aromatic carbocycles. The first-order valence-corrected chi connectivity index (χ1v) is 10.9. The Morgan fingerprint density at radius 3 is 2.83 bits per heavy atom. The quantitative estimate of drug-likeness (QED) is 0.261. The van der Waals surface area contributed by atoms with Crippen molar-refractivity contribution in [3.05, 3.63) is 63.0 Å². The first-order chi connectivity index (χ1) is 16.8. The summed E-state index contributed by atoms with van der Waals surface area (Å²) in [6.07, 6.45) is 2.75. The Morgan fingerprint density at radius 2 is 2.14 bits per heavy atom. The van der Waals surface area contributed by atoms with Crippen molar-refractivity contribution in [3.63, 3.8) is 0 Å². The third-order valence-electron chi connectivity index (χ3n) is 5.38. The summed E-state index contributed by atoms with van der Waals surface area (Å²) >= 11 is 5.77. The number of primary amides is 1. The molecule has 4 rings (SSSR count). The third kappa shape index (κ3) is 5.31. The predicted octanol–water partition coefficient (Wildman–Crippen LogP) is 2.57. The fraction of sp³-hybridized carbons (Fsp3) is 0.286. The van der Waals surface area contributed by atoms with E-state index in [1.54, 1.807) is 6.07 Å². The Kier molecular flexibility index (Phi) is 6.80. The van der Waals surface area contributed by atoms with Crippen LogP contribution in [0.2, 0.25) is 5.02 Å². The molecule has 0 spiro atoms. The number of pyridine rings is 1. The lowest BCUT2D eigenvalue weighted by molar-refractivity contribution is -0.137. The number of azide groups is 1. The minimum absolute atomic E-state index is 0.0477. The Morgan fingerprint density at radius 1 is 1.37 bits per heavy atom. The molecule has 0 bridgehead atoms. The minimum Gasteiger partial charge on any atom is -0.364 e. The maximum atomic E-state index is 14.1. The van der Waals surface area contributed by atoms with Crippen LogP contribution in [0.15, 0.2) is 35.6 Å². The average molecular weight is 500 g/mol. The Bertz CT molecular complexity index is 1380. The van der Waals surface area contributed by atoms with Crippen molar-refractivity contribution in [2.24, 2.45) is 10.8 Å². The molecule has 3 amide bonds. The molecule has 3 aromatic rings. The van der Waals surface area contributed by atoms with Gasteiger partial charge in [-0.1, -0.05) is 28.8 Å². The maximum absolute atomic E-state index is 14.1. The number of hydrogen-bond acceptors (Lipinski definition) is 6. The number of benzene rings is 1. The topological polar surface area (TPSA) is 172 Å². The molecule has 1 saturated carbocycles. The Hall–Kier alpha value is -4.22. The van der Waals surface area contributed by atoms with Crippen molar-refractivity contribution in [3.8, 4) is 0 Å². The number of rotatable bonds is 9. The van der Waals surface area contributed by atoms with Gasteiger partial charge < -0.3 is 16.0 Å². The number of aromatic nitrogens is 3. The number of nitrogens with zero attached hydrogens (tertiary/aromatic N) is 7.